The molecule has 1 aliphatic heterocycles. The molecule has 0 amide bonds. The molecule has 0 atom stereocenters. The molecule has 0 aromatic heterocycles. The number of carboxylic acid groups (broad SMARTS) is 1. The van der Waals surface area contributed by atoms with E-state index in [9.17, 15) is 9.90 Å². The van der Waals surface area contributed by atoms with E-state index >= 15 is 0 Å². The Labute approximate surface area is 109 Å². The summed E-state index contributed by atoms with van der Waals surface area (Å²) in [7, 11) is 0. The molecule has 1 heterocycles. The summed E-state index contributed by atoms with van der Waals surface area (Å²) in [4.78, 5) is 20.4. The van der Waals surface area contributed by atoms with Gasteiger partial charge in [0, 0.05) is 16.5 Å². The maximum atomic E-state index is 11.3. The van der Waals surface area contributed by atoms with Gasteiger partial charge in [-0.3, -0.25) is 9.98 Å². The standard InChI is InChI=1S/C15H10N2O2/c18-15(19)9-4-5-11-12-8(9)2-1-3-10(12)13-14(11)17-7-6-16-13/h1-5H,6-7H2,(H,18,19). The van der Waals surface area contributed by atoms with Crippen LogP contribution in [0.25, 0.3) is 10.8 Å². The van der Waals surface area contributed by atoms with E-state index in [2.05, 4.69) is 9.98 Å². The molecule has 4 nitrogen and oxygen atoms in total. The third-order valence-electron chi connectivity index (χ3n) is 3.65. The molecule has 0 unspecified atom stereocenters. The van der Waals surface area contributed by atoms with Crippen LogP contribution in [-0.2, 0) is 0 Å². The van der Waals surface area contributed by atoms with Crippen LogP contribution < -0.4 is 0 Å². The fourth-order valence-corrected chi connectivity index (χ4v) is 2.89. The summed E-state index contributed by atoms with van der Waals surface area (Å²) in [6.07, 6.45) is 0. The van der Waals surface area contributed by atoms with Gasteiger partial charge in [0.15, 0.2) is 0 Å². The van der Waals surface area contributed by atoms with Gasteiger partial charge in [-0.1, -0.05) is 24.3 Å². The third kappa shape index (κ3) is 1.25. The molecule has 0 saturated heterocycles. The summed E-state index contributed by atoms with van der Waals surface area (Å²) < 4.78 is 0. The molecule has 19 heavy (non-hydrogen) atoms. The predicted octanol–water partition coefficient (Wildman–Crippen LogP) is 2.14. The Balaban J connectivity index is 2.18. The van der Waals surface area contributed by atoms with E-state index in [1.54, 1.807) is 6.07 Å². The van der Waals surface area contributed by atoms with E-state index in [4.69, 9.17) is 0 Å². The minimum absolute atomic E-state index is 0.334. The first kappa shape index (κ1) is 10.4. The van der Waals surface area contributed by atoms with Gasteiger partial charge in [-0.05, 0) is 11.5 Å². The number of hydrogen-bond donors (Lipinski definition) is 1. The quantitative estimate of drug-likeness (QED) is 0.842. The van der Waals surface area contributed by atoms with Crippen molar-refractivity contribution in [3.63, 3.8) is 0 Å². The van der Waals surface area contributed by atoms with Crippen molar-refractivity contribution in [1.82, 2.24) is 0 Å². The Kier molecular flexibility index (Phi) is 1.93. The second-order valence-electron chi connectivity index (χ2n) is 4.65. The molecule has 0 spiro atoms. The topological polar surface area (TPSA) is 62.0 Å². The molecule has 2 aromatic rings. The highest BCUT2D eigenvalue weighted by Gasteiger charge is 2.29. The van der Waals surface area contributed by atoms with Crippen LogP contribution in [0.15, 0.2) is 40.3 Å². The van der Waals surface area contributed by atoms with Crippen molar-refractivity contribution in [2.45, 2.75) is 0 Å². The van der Waals surface area contributed by atoms with Crippen molar-refractivity contribution >= 4 is 28.2 Å². The van der Waals surface area contributed by atoms with Crippen molar-refractivity contribution in [2.75, 3.05) is 13.1 Å². The smallest absolute Gasteiger partial charge is 0.336 e. The number of aliphatic imine (C=N–C) groups is 2. The van der Waals surface area contributed by atoms with Crippen molar-refractivity contribution in [3.8, 4) is 0 Å². The summed E-state index contributed by atoms with van der Waals surface area (Å²) in [5.41, 5.74) is 4.17. The lowest BCUT2D eigenvalue weighted by atomic mass is 10.00. The average molecular weight is 250 g/mol. The van der Waals surface area contributed by atoms with Gasteiger partial charge in [-0.15, -0.1) is 0 Å². The number of rotatable bonds is 1. The van der Waals surface area contributed by atoms with Crippen LogP contribution in [0.5, 0.6) is 0 Å². The van der Waals surface area contributed by atoms with Crippen molar-refractivity contribution in [3.05, 3.63) is 47.0 Å². The van der Waals surface area contributed by atoms with Crippen LogP contribution in [0.2, 0.25) is 0 Å². The van der Waals surface area contributed by atoms with Gasteiger partial charge in [0.25, 0.3) is 0 Å². The van der Waals surface area contributed by atoms with Gasteiger partial charge in [0.2, 0.25) is 0 Å². The zero-order valence-corrected chi connectivity index (χ0v) is 10.1. The number of carboxylic acids is 1. The number of benzene rings is 2. The molecule has 0 radical (unpaired) electrons. The molecule has 0 bridgehead atoms. The minimum atomic E-state index is -0.901. The first-order chi connectivity index (χ1) is 9.27. The van der Waals surface area contributed by atoms with Gasteiger partial charge >= 0.3 is 5.97 Å². The molecular weight excluding hydrogens is 240 g/mol. The number of hydrogen-bond acceptors (Lipinski definition) is 3. The lowest BCUT2D eigenvalue weighted by Gasteiger charge is -2.07. The second-order valence-corrected chi connectivity index (χ2v) is 4.65. The maximum absolute atomic E-state index is 11.3. The van der Waals surface area contributed by atoms with Crippen LogP contribution in [-0.4, -0.2) is 35.6 Å². The largest absolute Gasteiger partial charge is 0.478 e. The molecule has 2 aromatic carbocycles. The minimum Gasteiger partial charge on any atom is -0.478 e. The highest BCUT2D eigenvalue weighted by molar-refractivity contribution is 6.61. The second kappa shape index (κ2) is 3.51. The lowest BCUT2D eigenvalue weighted by molar-refractivity contribution is 0.0699. The number of fused-ring (bicyclic) bond motifs is 3. The fraction of sp³-hybridized carbons (Fsp3) is 0.133. The van der Waals surface area contributed by atoms with Crippen LogP contribution in [0.4, 0.5) is 0 Å². The third-order valence-corrected chi connectivity index (χ3v) is 3.65. The molecule has 1 aliphatic carbocycles. The highest BCUT2D eigenvalue weighted by atomic mass is 16.4. The monoisotopic (exact) mass is 250 g/mol. The highest BCUT2D eigenvalue weighted by Crippen LogP contribution is 2.34. The molecule has 92 valence electrons. The Hall–Kier alpha value is -2.49. The molecule has 4 rings (SSSR count). The van der Waals surface area contributed by atoms with Crippen LogP contribution in [0.3, 0.4) is 0 Å². The summed E-state index contributed by atoms with van der Waals surface area (Å²) >= 11 is 0. The maximum Gasteiger partial charge on any atom is 0.336 e. The van der Waals surface area contributed by atoms with Crippen molar-refractivity contribution < 1.29 is 9.90 Å². The normalized spacial score (nSPS) is 16.0. The summed E-state index contributed by atoms with van der Waals surface area (Å²) in [6.45, 7) is 1.41. The fourth-order valence-electron chi connectivity index (χ4n) is 2.89. The summed E-state index contributed by atoms with van der Waals surface area (Å²) in [5.74, 6) is -0.901. The van der Waals surface area contributed by atoms with Gasteiger partial charge < -0.3 is 5.11 Å². The van der Waals surface area contributed by atoms with Gasteiger partial charge in [-0.2, -0.15) is 0 Å². The molecule has 4 heteroatoms. The van der Waals surface area contributed by atoms with Crippen molar-refractivity contribution in [1.29, 1.82) is 0 Å². The Morgan fingerprint density at radius 3 is 2.37 bits per heavy atom. The molecule has 2 aliphatic rings. The zero-order chi connectivity index (χ0) is 13.0. The molecule has 1 N–H and O–H groups in total. The first-order valence-corrected chi connectivity index (χ1v) is 6.16. The van der Waals surface area contributed by atoms with Gasteiger partial charge in [0.05, 0.1) is 30.1 Å². The average Bonchev–Trinajstić information content (AvgIpc) is 2.76. The van der Waals surface area contributed by atoms with E-state index in [-0.39, 0.29) is 0 Å². The number of carbonyl (C=O) groups is 1. The Morgan fingerprint density at radius 2 is 1.68 bits per heavy atom. The van der Waals surface area contributed by atoms with E-state index in [0.29, 0.717) is 18.7 Å². The van der Waals surface area contributed by atoms with Crippen molar-refractivity contribution in [2.24, 2.45) is 9.98 Å². The SMILES string of the molecule is O=C(O)c1ccc2c3c(cccc13)C1=NCCN=C12. The Bertz CT molecular complexity index is 777. The summed E-state index contributed by atoms with van der Waals surface area (Å²) in [6, 6.07) is 9.23. The van der Waals surface area contributed by atoms with E-state index < -0.39 is 5.97 Å². The zero-order valence-electron chi connectivity index (χ0n) is 10.1. The van der Waals surface area contributed by atoms with E-state index in [1.165, 1.54) is 0 Å². The van der Waals surface area contributed by atoms with Gasteiger partial charge in [0.1, 0.15) is 0 Å². The van der Waals surface area contributed by atoms with Crippen LogP contribution in [0.1, 0.15) is 21.5 Å². The molecular formula is C15H10N2O2. The van der Waals surface area contributed by atoms with E-state index in [1.807, 2.05) is 24.3 Å². The van der Waals surface area contributed by atoms with Crippen LogP contribution >= 0.6 is 0 Å². The summed E-state index contributed by atoms with van der Waals surface area (Å²) in [5, 5.41) is 11.0. The first-order valence-electron chi connectivity index (χ1n) is 6.16. The number of nitrogens with zero attached hydrogens (tertiary/aromatic N) is 2. The number of aromatic carboxylic acids is 1. The lowest BCUT2D eigenvalue weighted by Crippen LogP contribution is -2.17. The van der Waals surface area contributed by atoms with E-state index in [0.717, 1.165) is 33.3 Å². The molecule has 0 fully saturated rings. The van der Waals surface area contributed by atoms with Crippen LogP contribution in [0, 0.1) is 0 Å². The van der Waals surface area contributed by atoms with Gasteiger partial charge in [-0.25, -0.2) is 4.79 Å². The Morgan fingerprint density at radius 1 is 1.00 bits per heavy atom. The molecule has 0 saturated carbocycles. The predicted molar refractivity (Wildman–Crippen MR) is 73.7 cm³/mol.